The third-order valence-corrected chi connectivity index (χ3v) is 5.38. The fraction of sp³-hybridized carbons (Fsp3) is 0.440. The number of halogens is 1. The van der Waals surface area contributed by atoms with Crippen LogP contribution in [-0.2, 0) is 16.1 Å². The van der Waals surface area contributed by atoms with Crippen molar-refractivity contribution in [3.8, 4) is 0 Å². The lowest BCUT2D eigenvalue weighted by Gasteiger charge is -2.35. The standard InChI is InChI=1S/C25H34ClN3O2/c1-17(26)23(30)27-21-13-14-22(28(6)7)20(15-21)16-29(24(31)25(3,4)5)18(2)19-11-9-8-10-12-19/h8-15,17-18H,16H2,1-7H3,(H,27,30)/t17-,18+/m1/s1. The fourth-order valence-corrected chi connectivity index (χ4v) is 3.43. The molecule has 2 amide bonds. The van der Waals surface area contributed by atoms with Crippen LogP contribution >= 0.6 is 11.6 Å². The Balaban J connectivity index is 2.48. The van der Waals surface area contributed by atoms with Crippen LogP contribution in [0.15, 0.2) is 48.5 Å². The van der Waals surface area contributed by atoms with Gasteiger partial charge < -0.3 is 15.1 Å². The van der Waals surface area contributed by atoms with Crippen LogP contribution < -0.4 is 10.2 Å². The van der Waals surface area contributed by atoms with Gasteiger partial charge in [-0.15, -0.1) is 11.6 Å². The molecular weight excluding hydrogens is 410 g/mol. The van der Waals surface area contributed by atoms with Gasteiger partial charge >= 0.3 is 0 Å². The highest BCUT2D eigenvalue weighted by molar-refractivity contribution is 6.32. The smallest absolute Gasteiger partial charge is 0.242 e. The van der Waals surface area contributed by atoms with E-state index in [0.717, 1.165) is 16.8 Å². The average molecular weight is 444 g/mol. The van der Waals surface area contributed by atoms with E-state index in [-0.39, 0.29) is 17.9 Å². The first kappa shape index (κ1) is 24.7. The number of hydrogen-bond donors (Lipinski definition) is 1. The Bertz CT molecular complexity index is 905. The normalized spacial score (nSPS) is 13.3. The van der Waals surface area contributed by atoms with E-state index in [2.05, 4.69) is 12.2 Å². The second-order valence-corrected chi connectivity index (χ2v) is 9.77. The minimum absolute atomic E-state index is 0.0670. The van der Waals surface area contributed by atoms with Crippen molar-refractivity contribution in [1.82, 2.24) is 4.90 Å². The first-order valence-electron chi connectivity index (χ1n) is 10.5. The molecule has 2 aromatic rings. The first-order chi connectivity index (χ1) is 14.4. The summed E-state index contributed by atoms with van der Waals surface area (Å²) in [4.78, 5) is 29.4. The summed E-state index contributed by atoms with van der Waals surface area (Å²) in [6.45, 7) is 9.91. The highest BCUT2D eigenvalue weighted by atomic mass is 35.5. The number of anilines is 2. The van der Waals surface area contributed by atoms with E-state index in [4.69, 9.17) is 11.6 Å². The molecule has 5 nitrogen and oxygen atoms in total. The van der Waals surface area contributed by atoms with E-state index >= 15 is 0 Å². The minimum atomic E-state index is -0.631. The Hall–Kier alpha value is -2.53. The van der Waals surface area contributed by atoms with Gasteiger partial charge in [0.05, 0.1) is 6.04 Å². The number of amides is 2. The number of carbonyl (C=O) groups excluding carboxylic acids is 2. The number of rotatable bonds is 7. The summed E-state index contributed by atoms with van der Waals surface area (Å²) in [5.41, 5.74) is 3.15. The van der Waals surface area contributed by atoms with Crippen molar-refractivity contribution >= 4 is 34.8 Å². The number of nitrogens with zero attached hydrogens (tertiary/aromatic N) is 2. The number of carbonyl (C=O) groups is 2. The molecule has 6 heteroatoms. The van der Waals surface area contributed by atoms with Gasteiger partial charge in [-0.1, -0.05) is 51.1 Å². The van der Waals surface area contributed by atoms with Crippen LogP contribution in [-0.4, -0.2) is 36.2 Å². The lowest BCUT2D eigenvalue weighted by Crippen LogP contribution is -2.40. The molecule has 0 aromatic heterocycles. The monoisotopic (exact) mass is 443 g/mol. The highest BCUT2D eigenvalue weighted by Gasteiger charge is 2.31. The van der Waals surface area contributed by atoms with E-state index in [0.29, 0.717) is 12.2 Å². The molecule has 0 unspecified atom stereocenters. The molecule has 0 spiro atoms. The topological polar surface area (TPSA) is 52.7 Å². The van der Waals surface area contributed by atoms with Crippen LogP contribution in [0.1, 0.15) is 51.8 Å². The lowest BCUT2D eigenvalue weighted by atomic mass is 9.92. The van der Waals surface area contributed by atoms with Crippen molar-refractivity contribution in [2.45, 2.75) is 52.6 Å². The largest absolute Gasteiger partial charge is 0.377 e. The average Bonchev–Trinajstić information content (AvgIpc) is 2.70. The zero-order valence-corrected chi connectivity index (χ0v) is 20.3. The van der Waals surface area contributed by atoms with Crippen LogP contribution in [0.4, 0.5) is 11.4 Å². The number of alkyl halides is 1. The van der Waals surface area contributed by atoms with Crippen LogP contribution in [0.3, 0.4) is 0 Å². The molecule has 0 heterocycles. The van der Waals surface area contributed by atoms with Gasteiger partial charge in [0.25, 0.3) is 0 Å². The second kappa shape index (κ2) is 10.2. The summed E-state index contributed by atoms with van der Waals surface area (Å²) in [5, 5.41) is 2.22. The van der Waals surface area contributed by atoms with Gasteiger partial charge in [0, 0.05) is 37.4 Å². The van der Waals surface area contributed by atoms with Crippen molar-refractivity contribution < 1.29 is 9.59 Å². The van der Waals surface area contributed by atoms with E-state index in [1.165, 1.54) is 0 Å². The Kier molecular flexibility index (Phi) is 8.13. The summed E-state index contributed by atoms with van der Waals surface area (Å²) < 4.78 is 0. The molecule has 0 bridgehead atoms. The van der Waals surface area contributed by atoms with Gasteiger partial charge in [-0.3, -0.25) is 9.59 Å². The molecule has 0 aliphatic carbocycles. The zero-order valence-electron chi connectivity index (χ0n) is 19.6. The zero-order chi connectivity index (χ0) is 23.3. The van der Waals surface area contributed by atoms with Crippen LogP contribution in [0.25, 0.3) is 0 Å². The van der Waals surface area contributed by atoms with E-state index < -0.39 is 10.8 Å². The fourth-order valence-electron chi connectivity index (χ4n) is 3.38. The quantitative estimate of drug-likeness (QED) is 0.578. The molecule has 0 saturated carbocycles. The predicted molar refractivity (Wildman–Crippen MR) is 130 cm³/mol. The van der Waals surface area contributed by atoms with E-state index in [9.17, 15) is 9.59 Å². The number of benzene rings is 2. The van der Waals surface area contributed by atoms with Crippen LogP contribution in [0, 0.1) is 5.41 Å². The van der Waals surface area contributed by atoms with Crippen molar-refractivity contribution in [2.75, 3.05) is 24.3 Å². The minimum Gasteiger partial charge on any atom is -0.377 e. The van der Waals surface area contributed by atoms with Gasteiger partial charge in [0.2, 0.25) is 11.8 Å². The van der Waals surface area contributed by atoms with Crippen molar-refractivity contribution in [1.29, 1.82) is 0 Å². The number of hydrogen-bond acceptors (Lipinski definition) is 3. The highest BCUT2D eigenvalue weighted by Crippen LogP contribution is 2.32. The molecule has 0 radical (unpaired) electrons. The van der Waals surface area contributed by atoms with E-state index in [1.807, 2.05) is 93.2 Å². The molecule has 0 aliphatic heterocycles. The van der Waals surface area contributed by atoms with Gasteiger partial charge in [0.15, 0.2) is 0 Å². The summed E-state index contributed by atoms with van der Waals surface area (Å²) in [6.07, 6.45) is 0. The second-order valence-electron chi connectivity index (χ2n) is 9.11. The van der Waals surface area contributed by atoms with Gasteiger partial charge in [-0.25, -0.2) is 0 Å². The summed E-state index contributed by atoms with van der Waals surface area (Å²) in [6, 6.07) is 15.7. The molecule has 168 valence electrons. The Morgan fingerprint density at radius 2 is 1.65 bits per heavy atom. The molecular formula is C25H34ClN3O2. The van der Waals surface area contributed by atoms with E-state index in [1.54, 1.807) is 6.92 Å². The molecule has 1 N–H and O–H groups in total. The third kappa shape index (κ3) is 6.47. The molecule has 2 aromatic carbocycles. The SMILES string of the molecule is C[C@@H](Cl)C(=O)Nc1ccc(N(C)C)c(CN(C(=O)C(C)(C)C)[C@@H](C)c2ccccc2)c1. The summed E-state index contributed by atoms with van der Waals surface area (Å²) >= 11 is 5.91. The lowest BCUT2D eigenvalue weighted by molar-refractivity contribution is -0.142. The Labute approximate surface area is 191 Å². The van der Waals surface area contributed by atoms with Crippen molar-refractivity contribution in [3.63, 3.8) is 0 Å². The van der Waals surface area contributed by atoms with Gasteiger partial charge in [0.1, 0.15) is 5.38 Å². The maximum absolute atomic E-state index is 13.4. The molecule has 2 rings (SSSR count). The first-order valence-corrected chi connectivity index (χ1v) is 11.0. The molecule has 0 aliphatic rings. The van der Waals surface area contributed by atoms with Crippen LogP contribution in [0.2, 0.25) is 0 Å². The van der Waals surface area contributed by atoms with Gasteiger partial charge in [-0.2, -0.15) is 0 Å². The Morgan fingerprint density at radius 3 is 2.16 bits per heavy atom. The van der Waals surface area contributed by atoms with Crippen molar-refractivity contribution in [3.05, 3.63) is 59.7 Å². The predicted octanol–water partition coefficient (Wildman–Crippen LogP) is 5.45. The molecule has 0 fully saturated rings. The molecule has 2 atom stereocenters. The summed E-state index contributed by atoms with van der Waals surface area (Å²) in [7, 11) is 3.93. The molecule has 31 heavy (non-hydrogen) atoms. The maximum Gasteiger partial charge on any atom is 0.242 e. The van der Waals surface area contributed by atoms with Gasteiger partial charge in [-0.05, 0) is 43.2 Å². The maximum atomic E-state index is 13.4. The number of nitrogens with one attached hydrogen (secondary N) is 1. The molecule has 0 saturated heterocycles. The Morgan fingerprint density at radius 1 is 1.03 bits per heavy atom. The van der Waals surface area contributed by atoms with Crippen LogP contribution in [0.5, 0.6) is 0 Å². The third-order valence-electron chi connectivity index (χ3n) is 5.18. The summed E-state index contributed by atoms with van der Waals surface area (Å²) in [5.74, 6) is -0.192. The van der Waals surface area contributed by atoms with Crippen molar-refractivity contribution in [2.24, 2.45) is 5.41 Å².